The molecule has 1 fully saturated rings. The number of benzene rings is 3. The van der Waals surface area contributed by atoms with E-state index in [2.05, 4.69) is 0 Å². The minimum Gasteiger partial charge on any atom is -0.467 e. The summed E-state index contributed by atoms with van der Waals surface area (Å²) in [6.45, 7) is 0.684. The molecule has 0 radical (unpaired) electrons. The number of esters is 1. The van der Waals surface area contributed by atoms with Crippen molar-refractivity contribution in [2.75, 3.05) is 7.11 Å². The number of rotatable bonds is 10. The Labute approximate surface area is 205 Å². The molecule has 0 spiro atoms. The van der Waals surface area contributed by atoms with Crippen molar-refractivity contribution in [3.63, 3.8) is 0 Å². The van der Waals surface area contributed by atoms with Gasteiger partial charge in [0, 0.05) is 0 Å². The molecule has 1 heterocycles. The van der Waals surface area contributed by atoms with Crippen LogP contribution in [0, 0.1) is 0 Å². The second-order valence-corrected chi connectivity index (χ2v) is 8.25. The van der Waals surface area contributed by atoms with Gasteiger partial charge in [-0.05, 0) is 16.7 Å². The lowest BCUT2D eigenvalue weighted by atomic mass is 9.97. The van der Waals surface area contributed by atoms with Crippen molar-refractivity contribution >= 4 is 5.97 Å². The van der Waals surface area contributed by atoms with Crippen molar-refractivity contribution < 1.29 is 33.6 Å². The van der Waals surface area contributed by atoms with E-state index in [9.17, 15) is 9.90 Å². The Morgan fingerprint density at radius 3 is 1.51 bits per heavy atom. The van der Waals surface area contributed by atoms with Gasteiger partial charge in [0.05, 0.1) is 26.9 Å². The monoisotopic (exact) mass is 478 g/mol. The lowest BCUT2D eigenvalue weighted by Gasteiger charge is -2.43. The maximum Gasteiger partial charge on any atom is 0.337 e. The summed E-state index contributed by atoms with van der Waals surface area (Å²) in [5.41, 5.74) is 2.79. The van der Waals surface area contributed by atoms with Crippen LogP contribution in [0.15, 0.2) is 91.0 Å². The van der Waals surface area contributed by atoms with E-state index in [0.717, 1.165) is 16.7 Å². The molecule has 1 saturated heterocycles. The molecule has 0 unspecified atom stereocenters. The minimum absolute atomic E-state index is 0.217. The van der Waals surface area contributed by atoms with Crippen LogP contribution >= 0.6 is 0 Å². The van der Waals surface area contributed by atoms with Crippen LogP contribution in [-0.4, -0.2) is 48.9 Å². The molecule has 0 bridgehead atoms. The van der Waals surface area contributed by atoms with E-state index in [1.807, 2.05) is 91.0 Å². The van der Waals surface area contributed by atoms with E-state index in [4.69, 9.17) is 23.7 Å². The highest BCUT2D eigenvalue weighted by Crippen LogP contribution is 2.30. The number of aliphatic hydroxyl groups is 1. The third-order valence-electron chi connectivity index (χ3n) is 5.80. The fourth-order valence-corrected chi connectivity index (χ4v) is 3.98. The zero-order valence-corrected chi connectivity index (χ0v) is 19.6. The predicted molar refractivity (Wildman–Crippen MR) is 128 cm³/mol. The van der Waals surface area contributed by atoms with Gasteiger partial charge in [0.2, 0.25) is 0 Å². The number of hydrogen-bond donors (Lipinski definition) is 1. The fraction of sp³-hybridized carbons (Fsp3) is 0.321. The largest absolute Gasteiger partial charge is 0.467 e. The van der Waals surface area contributed by atoms with Gasteiger partial charge in [0.15, 0.2) is 12.4 Å². The number of ether oxygens (including phenoxy) is 5. The van der Waals surface area contributed by atoms with Gasteiger partial charge >= 0.3 is 5.97 Å². The van der Waals surface area contributed by atoms with Crippen molar-refractivity contribution in [2.45, 2.75) is 50.5 Å². The molecule has 7 nitrogen and oxygen atoms in total. The fourth-order valence-electron chi connectivity index (χ4n) is 3.98. The first-order chi connectivity index (χ1) is 17.2. The lowest BCUT2D eigenvalue weighted by Crippen LogP contribution is -2.62. The van der Waals surface area contributed by atoms with Crippen LogP contribution in [-0.2, 0) is 48.3 Å². The van der Waals surface area contributed by atoms with E-state index in [-0.39, 0.29) is 19.8 Å². The van der Waals surface area contributed by atoms with Crippen LogP contribution in [0.2, 0.25) is 0 Å². The third-order valence-corrected chi connectivity index (χ3v) is 5.80. The van der Waals surface area contributed by atoms with Crippen LogP contribution < -0.4 is 0 Å². The number of carbonyl (C=O) groups excluding carboxylic acids is 1. The summed E-state index contributed by atoms with van der Waals surface area (Å²) < 4.78 is 29.2. The second-order valence-electron chi connectivity index (χ2n) is 8.25. The summed E-state index contributed by atoms with van der Waals surface area (Å²) in [7, 11) is 1.27. The molecular formula is C28H30O7. The maximum atomic E-state index is 12.6. The van der Waals surface area contributed by atoms with Crippen molar-refractivity contribution in [3.05, 3.63) is 108 Å². The molecule has 1 N–H and O–H groups in total. The zero-order chi connectivity index (χ0) is 24.5. The molecular weight excluding hydrogens is 448 g/mol. The Balaban J connectivity index is 1.59. The summed E-state index contributed by atoms with van der Waals surface area (Å²) in [5, 5.41) is 10.8. The highest BCUT2D eigenvalue weighted by Gasteiger charge is 2.51. The summed E-state index contributed by atoms with van der Waals surface area (Å²) in [4.78, 5) is 12.6. The molecule has 4 rings (SSSR count). The Bertz CT molecular complexity index is 1030. The van der Waals surface area contributed by atoms with Crippen molar-refractivity contribution in [1.29, 1.82) is 0 Å². The van der Waals surface area contributed by atoms with E-state index in [1.54, 1.807) is 0 Å². The predicted octanol–water partition coefficient (Wildman–Crippen LogP) is 3.63. The molecule has 1 aliphatic heterocycles. The van der Waals surface area contributed by atoms with Gasteiger partial charge in [-0.3, -0.25) is 0 Å². The molecule has 7 heteroatoms. The van der Waals surface area contributed by atoms with E-state index < -0.39 is 36.7 Å². The molecule has 0 aliphatic carbocycles. The third kappa shape index (κ3) is 6.75. The Morgan fingerprint density at radius 2 is 1.09 bits per heavy atom. The van der Waals surface area contributed by atoms with Crippen LogP contribution in [0.3, 0.4) is 0 Å². The molecule has 3 aromatic rings. The first kappa shape index (κ1) is 25.0. The summed E-state index contributed by atoms with van der Waals surface area (Å²) >= 11 is 0. The van der Waals surface area contributed by atoms with Crippen LogP contribution in [0.4, 0.5) is 0 Å². The quantitative estimate of drug-likeness (QED) is 0.446. The number of hydrogen-bond acceptors (Lipinski definition) is 7. The molecule has 5 atom stereocenters. The van der Waals surface area contributed by atoms with Gasteiger partial charge in [-0.1, -0.05) is 91.0 Å². The average Bonchev–Trinajstić information content (AvgIpc) is 2.91. The van der Waals surface area contributed by atoms with Crippen LogP contribution in [0.5, 0.6) is 0 Å². The molecule has 0 aromatic heterocycles. The Hall–Kier alpha value is -3.07. The molecule has 35 heavy (non-hydrogen) atoms. The summed E-state index contributed by atoms with van der Waals surface area (Å²) in [5.74, 6) is -0.656. The highest BCUT2D eigenvalue weighted by atomic mass is 16.7. The van der Waals surface area contributed by atoms with Crippen LogP contribution in [0.25, 0.3) is 0 Å². The summed E-state index contributed by atoms with van der Waals surface area (Å²) in [6.07, 6.45) is -5.19. The van der Waals surface area contributed by atoms with Gasteiger partial charge < -0.3 is 28.8 Å². The number of aliphatic hydroxyl groups excluding tert-OH is 1. The maximum absolute atomic E-state index is 12.6. The van der Waals surface area contributed by atoms with E-state index in [0.29, 0.717) is 0 Å². The smallest absolute Gasteiger partial charge is 0.337 e. The normalized spacial score (nSPS) is 24.1. The topological polar surface area (TPSA) is 83.5 Å². The van der Waals surface area contributed by atoms with E-state index in [1.165, 1.54) is 7.11 Å². The first-order valence-electron chi connectivity index (χ1n) is 11.5. The SMILES string of the molecule is COC(=O)[C@H]1O[C@H](O)[C@H](OCc2ccccc2)[C@@H](OCc2ccccc2)[C@@H]1OCc1ccccc1. The molecule has 1 aliphatic rings. The van der Waals surface area contributed by atoms with Gasteiger partial charge in [0.25, 0.3) is 0 Å². The molecule has 3 aromatic carbocycles. The van der Waals surface area contributed by atoms with Gasteiger partial charge in [-0.2, -0.15) is 0 Å². The minimum atomic E-state index is -1.42. The van der Waals surface area contributed by atoms with Gasteiger partial charge in [-0.25, -0.2) is 4.79 Å². The van der Waals surface area contributed by atoms with Gasteiger partial charge in [0.1, 0.15) is 18.3 Å². The lowest BCUT2D eigenvalue weighted by molar-refractivity contribution is -0.308. The summed E-state index contributed by atoms with van der Waals surface area (Å²) in [6, 6.07) is 28.8. The molecule has 0 saturated carbocycles. The molecule has 184 valence electrons. The van der Waals surface area contributed by atoms with Crippen molar-refractivity contribution in [1.82, 2.24) is 0 Å². The standard InChI is InChI=1S/C28H30O7/c1-31-27(29)26-24(33-18-21-13-7-3-8-14-21)23(32-17-20-11-5-2-6-12-20)25(28(30)35-26)34-19-22-15-9-4-10-16-22/h2-16,23-26,28,30H,17-19H2,1H3/t23-,24-,25+,26-,28-/m0/s1. The second kappa shape index (κ2) is 12.6. The van der Waals surface area contributed by atoms with E-state index >= 15 is 0 Å². The zero-order valence-electron chi connectivity index (χ0n) is 19.6. The Kier molecular flexibility index (Phi) is 9.00. The Morgan fingerprint density at radius 1 is 0.686 bits per heavy atom. The van der Waals surface area contributed by atoms with Crippen LogP contribution in [0.1, 0.15) is 16.7 Å². The molecule has 0 amide bonds. The average molecular weight is 479 g/mol. The first-order valence-corrected chi connectivity index (χ1v) is 11.5. The number of carbonyl (C=O) groups is 1. The highest BCUT2D eigenvalue weighted by molar-refractivity contribution is 5.75. The van der Waals surface area contributed by atoms with Gasteiger partial charge in [-0.15, -0.1) is 0 Å². The van der Waals surface area contributed by atoms with Crippen molar-refractivity contribution in [3.8, 4) is 0 Å². The van der Waals surface area contributed by atoms with Crippen molar-refractivity contribution in [2.24, 2.45) is 0 Å². The number of methoxy groups -OCH3 is 1.